The number of halogens is 1. The van der Waals surface area contributed by atoms with E-state index in [0.29, 0.717) is 11.1 Å². The summed E-state index contributed by atoms with van der Waals surface area (Å²) in [6.45, 7) is 5.85. The largest absolute Gasteiger partial charge is 0.370 e. The minimum atomic E-state index is 0.513. The van der Waals surface area contributed by atoms with E-state index in [4.69, 9.17) is 11.6 Å². The van der Waals surface area contributed by atoms with Crippen LogP contribution in [0.4, 0.5) is 5.82 Å². The molecule has 1 aliphatic rings. The Kier molecular flexibility index (Phi) is 4.10. The Morgan fingerprint density at radius 3 is 2.76 bits per heavy atom. The predicted molar refractivity (Wildman–Crippen MR) is 83.8 cm³/mol. The van der Waals surface area contributed by atoms with Gasteiger partial charge in [-0.25, -0.2) is 9.97 Å². The number of anilines is 1. The Hall–Kier alpha value is -1.62. The standard InChI is InChI=1S/C15H20ClN5/c1-10-8-11(2)21(20-10)7-3-6-17-14-9-13(16)18-15(19-14)12-4-5-12/h8-9,12H,3-7H2,1-2H3,(H,17,18,19). The molecule has 0 amide bonds. The van der Waals surface area contributed by atoms with Crippen LogP contribution in [-0.4, -0.2) is 26.3 Å². The normalized spacial score (nSPS) is 14.4. The van der Waals surface area contributed by atoms with Crippen molar-refractivity contribution in [1.29, 1.82) is 0 Å². The van der Waals surface area contributed by atoms with Crippen LogP contribution in [0.15, 0.2) is 12.1 Å². The van der Waals surface area contributed by atoms with Gasteiger partial charge in [0, 0.05) is 30.8 Å². The van der Waals surface area contributed by atoms with Gasteiger partial charge in [-0.3, -0.25) is 4.68 Å². The predicted octanol–water partition coefficient (Wildman–Crippen LogP) is 3.32. The fraction of sp³-hybridized carbons (Fsp3) is 0.533. The molecule has 2 aromatic heterocycles. The summed E-state index contributed by atoms with van der Waals surface area (Å²) in [4.78, 5) is 8.82. The highest BCUT2D eigenvalue weighted by Gasteiger charge is 2.27. The van der Waals surface area contributed by atoms with Crippen molar-refractivity contribution in [3.63, 3.8) is 0 Å². The number of nitrogens with zero attached hydrogens (tertiary/aromatic N) is 4. The van der Waals surface area contributed by atoms with Crippen LogP contribution < -0.4 is 5.32 Å². The molecule has 0 atom stereocenters. The van der Waals surface area contributed by atoms with Gasteiger partial charge in [-0.05, 0) is 39.2 Å². The maximum atomic E-state index is 6.05. The fourth-order valence-electron chi connectivity index (χ4n) is 2.40. The highest BCUT2D eigenvalue weighted by molar-refractivity contribution is 6.29. The third-order valence-corrected chi connectivity index (χ3v) is 3.80. The zero-order valence-corrected chi connectivity index (χ0v) is 13.2. The number of hydrogen-bond donors (Lipinski definition) is 1. The van der Waals surface area contributed by atoms with Crippen LogP contribution in [-0.2, 0) is 6.54 Å². The Bertz CT molecular complexity index is 633. The number of hydrogen-bond acceptors (Lipinski definition) is 4. The van der Waals surface area contributed by atoms with Gasteiger partial charge in [0.05, 0.1) is 5.69 Å². The number of aryl methyl sites for hydroxylation is 3. The first-order valence-corrected chi connectivity index (χ1v) is 7.79. The molecule has 0 saturated heterocycles. The number of nitrogens with one attached hydrogen (secondary N) is 1. The van der Waals surface area contributed by atoms with Crippen LogP contribution in [0.2, 0.25) is 5.15 Å². The molecule has 1 N–H and O–H groups in total. The van der Waals surface area contributed by atoms with Gasteiger partial charge in [0.25, 0.3) is 0 Å². The molecule has 0 aromatic carbocycles. The summed E-state index contributed by atoms with van der Waals surface area (Å²) in [5, 5.41) is 8.31. The Balaban J connectivity index is 1.52. The van der Waals surface area contributed by atoms with Crippen LogP contribution in [0, 0.1) is 13.8 Å². The second kappa shape index (κ2) is 6.02. The number of rotatable bonds is 6. The Morgan fingerprint density at radius 1 is 1.29 bits per heavy atom. The molecule has 3 rings (SSSR count). The average Bonchev–Trinajstić information content (AvgIpc) is 3.21. The smallest absolute Gasteiger partial charge is 0.135 e. The number of aromatic nitrogens is 4. The van der Waals surface area contributed by atoms with Crippen molar-refractivity contribution >= 4 is 17.4 Å². The molecular weight excluding hydrogens is 286 g/mol. The molecule has 2 heterocycles. The SMILES string of the molecule is Cc1cc(C)n(CCCNc2cc(Cl)nc(C3CC3)n2)n1. The summed E-state index contributed by atoms with van der Waals surface area (Å²) in [5.74, 6) is 2.22. The zero-order valence-electron chi connectivity index (χ0n) is 12.4. The highest BCUT2D eigenvalue weighted by atomic mass is 35.5. The summed E-state index contributed by atoms with van der Waals surface area (Å²) in [7, 11) is 0. The molecule has 5 nitrogen and oxygen atoms in total. The topological polar surface area (TPSA) is 55.6 Å². The van der Waals surface area contributed by atoms with Crippen LogP contribution in [0.5, 0.6) is 0 Å². The molecule has 112 valence electrons. The van der Waals surface area contributed by atoms with Gasteiger partial charge >= 0.3 is 0 Å². The van der Waals surface area contributed by atoms with Gasteiger partial charge in [-0.15, -0.1) is 0 Å². The maximum absolute atomic E-state index is 6.05. The third-order valence-electron chi connectivity index (χ3n) is 3.61. The van der Waals surface area contributed by atoms with Gasteiger partial charge < -0.3 is 5.32 Å². The maximum Gasteiger partial charge on any atom is 0.135 e. The monoisotopic (exact) mass is 305 g/mol. The quantitative estimate of drug-likeness (QED) is 0.657. The van der Waals surface area contributed by atoms with Gasteiger partial charge in [0.1, 0.15) is 16.8 Å². The molecular formula is C15H20ClN5. The van der Waals surface area contributed by atoms with Crippen LogP contribution in [0.3, 0.4) is 0 Å². The van der Waals surface area contributed by atoms with Gasteiger partial charge in [0.2, 0.25) is 0 Å². The van der Waals surface area contributed by atoms with Crippen molar-refractivity contribution in [3.8, 4) is 0 Å². The van der Waals surface area contributed by atoms with E-state index in [-0.39, 0.29) is 0 Å². The average molecular weight is 306 g/mol. The van der Waals surface area contributed by atoms with Gasteiger partial charge in [-0.1, -0.05) is 11.6 Å². The first-order valence-electron chi connectivity index (χ1n) is 7.41. The van der Waals surface area contributed by atoms with Crippen molar-refractivity contribution in [1.82, 2.24) is 19.7 Å². The van der Waals surface area contributed by atoms with E-state index in [9.17, 15) is 0 Å². The molecule has 0 radical (unpaired) electrons. The lowest BCUT2D eigenvalue weighted by atomic mass is 10.3. The van der Waals surface area contributed by atoms with Crippen LogP contribution >= 0.6 is 11.6 Å². The Morgan fingerprint density at radius 2 is 2.10 bits per heavy atom. The first kappa shape index (κ1) is 14.3. The summed E-state index contributed by atoms with van der Waals surface area (Å²) in [6.07, 6.45) is 3.35. The van der Waals surface area contributed by atoms with E-state index in [1.54, 1.807) is 6.07 Å². The second-order valence-corrected chi connectivity index (χ2v) is 6.03. The minimum Gasteiger partial charge on any atom is -0.370 e. The molecule has 0 unspecified atom stereocenters. The second-order valence-electron chi connectivity index (χ2n) is 5.64. The van der Waals surface area contributed by atoms with E-state index in [1.165, 1.54) is 18.5 Å². The summed E-state index contributed by atoms with van der Waals surface area (Å²) < 4.78 is 2.04. The lowest BCUT2D eigenvalue weighted by Crippen LogP contribution is -2.10. The molecule has 21 heavy (non-hydrogen) atoms. The molecule has 6 heteroatoms. The van der Waals surface area contributed by atoms with E-state index < -0.39 is 0 Å². The van der Waals surface area contributed by atoms with E-state index >= 15 is 0 Å². The Labute approximate surface area is 129 Å². The van der Waals surface area contributed by atoms with E-state index in [2.05, 4.69) is 33.4 Å². The van der Waals surface area contributed by atoms with Gasteiger partial charge in [0.15, 0.2) is 0 Å². The van der Waals surface area contributed by atoms with Crippen molar-refractivity contribution in [3.05, 3.63) is 34.5 Å². The molecule has 1 fully saturated rings. The first-order chi connectivity index (χ1) is 10.1. The van der Waals surface area contributed by atoms with Crippen molar-refractivity contribution < 1.29 is 0 Å². The molecule has 1 aliphatic carbocycles. The fourth-order valence-corrected chi connectivity index (χ4v) is 2.59. The summed E-state index contributed by atoms with van der Waals surface area (Å²) in [6, 6.07) is 3.89. The van der Waals surface area contributed by atoms with Crippen molar-refractivity contribution in [2.24, 2.45) is 0 Å². The van der Waals surface area contributed by atoms with Crippen LogP contribution in [0.1, 0.15) is 42.4 Å². The molecule has 2 aromatic rings. The molecule has 1 saturated carbocycles. The lowest BCUT2D eigenvalue weighted by Gasteiger charge is -2.08. The highest BCUT2D eigenvalue weighted by Crippen LogP contribution is 2.38. The molecule has 0 spiro atoms. The molecule has 0 aliphatic heterocycles. The minimum absolute atomic E-state index is 0.513. The van der Waals surface area contributed by atoms with E-state index in [0.717, 1.165) is 36.8 Å². The van der Waals surface area contributed by atoms with Crippen molar-refractivity contribution in [2.45, 2.75) is 45.6 Å². The van der Waals surface area contributed by atoms with Crippen molar-refractivity contribution in [2.75, 3.05) is 11.9 Å². The van der Waals surface area contributed by atoms with Crippen LogP contribution in [0.25, 0.3) is 0 Å². The van der Waals surface area contributed by atoms with E-state index in [1.807, 2.05) is 11.6 Å². The zero-order chi connectivity index (χ0) is 14.8. The summed E-state index contributed by atoms with van der Waals surface area (Å²) in [5.41, 5.74) is 2.27. The third kappa shape index (κ3) is 3.73. The lowest BCUT2D eigenvalue weighted by molar-refractivity contribution is 0.573. The summed E-state index contributed by atoms with van der Waals surface area (Å²) >= 11 is 6.05. The van der Waals surface area contributed by atoms with Gasteiger partial charge in [-0.2, -0.15) is 5.10 Å². The molecule has 0 bridgehead atoms.